The summed E-state index contributed by atoms with van der Waals surface area (Å²) in [4.78, 5) is -0.401. The highest BCUT2D eigenvalue weighted by Gasteiger charge is 2.18. The van der Waals surface area contributed by atoms with Crippen LogP contribution in [-0.2, 0) is 10.0 Å². The molecule has 0 aliphatic heterocycles. The minimum atomic E-state index is -4.02. The Bertz CT molecular complexity index is 720. The summed E-state index contributed by atoms with van der Waals surface area (Å²) < 4.78 is 51.8. The van der Waals surface area contributed by atoms with Crippen molar-refractivity contribution in [2.45, 2.75) is 11.0 Å². The lowest BCUT2D eigenvalue weighted by molar-refractivity contribution is 0.182. The first-order valence-corrected chi connectivity index (χ1v) is 7.56. The Morgan fingerprint density at radius 3 is 2.33 bits per heavy atom. The second kappa shape index (κ2) is 6.30. The minimum Gasteiger partial charge on any atom is -0.387 e. The van der Waals surface area contributed by atoms with Gasteiger partial charge in [-0.2, -0.15) is 0 Å². The average molecular weight is 313 g/mol. The van der Waals surface area contributed by atoms with Gasteiger partial charge in [-0.25, -0.2) is 21.9 Å². The van der Waals surface area contributed by atoms with E-state index in [-0.39, 0.29) is 6.54 Å². The maximum absolute atomic E-state index is 13.1. The summed E-state index contributed by atoms with van der Waals surface area (Å²) in [5.74, 6) is -2.38. The number of hydrogen-bond donors (Lipinski definition) is 2. The Morgan fingerprint density at radius 1 is 1.05 bits per heavy atom. The van der Waals surface area contributed by atoms with Gasteiger partial charge in [0.25, 0.3) is 0 Å². The van der Waals surface area contributed by atoms with Crippen molar-refractivity contribution in [3.8, 4) is 0 Å². The van der Waals surface area contributed by atoms with Crippen LogP contribution in [0.1, 0.15) is 11.7 Å². The molecule has 1 unspecified atom stereocenters. The van der Waals surface area contributed by atoms with Gasteiger partial charge in [0.1, 0.15) is 0 Å². The normalized spacial score (nSPS) is 13.1. The fourth-order valence-electron chi connectivity index (χ4n) is 1.71. The number of aliphatic hydroxyl groups is 1. The Balaban J connectivity index is 2.09. The molecule has 7 heteroatoms. The number of hydrogen-bond acceptors (Lipinski definition) is 3. The SMILES string of the molecule is O=S(=O)(NCC(O)c1ccccc1)c1ccc(F)c(F)c1. The van der Waals surface area contributed by atoms with Crippen LogP contribution in [0.3, 0.4) is 0 Å². The molecule has 2 rings (SSSR count). The fourth-order valence-corrected chi connectivity index (χ4v) is 2.76. The van der Waals surface area contributed by atoms with Crippen LogP contribution in [0.5, 0.6) is 0 Å². The first-order chi connectivity index (χ1) is 9.90. The topological polar surface area (TPSA) is 66.4 Å². The van der Waals surface area contributed by atoms with Crippen molar-refractivity contribution in [2.75, 3.05) is 6.54 Å². The first kappa shape index (κ1) is 15.6. The summed E-state index contributed by atoms with van der Waals surface area (Å²) in [5.41, 5.74) is 0.547. The van der Waals surface area contributed by atoms with Crippen LogP contribution >= 0.6 is 0 Å². The molecular formula is C14H13F2NO3S. The lowest BCUT2D eigenvalue weighted by Gasteiger charge is -2.12. The molecule has 21 heavy (non-hydrogen) atoms. The molecule has 0 radical (unpaired) electrons. The molecule has 4 nitrogen and oxygen atoms in total. The van der Waals surface area contributed by atoms with Crippen molar-refractivity contribution in [2.24, 2.45) is 0 Å². The molecule has 0 aliphatic carbocycles. The van der Waals surface area contributed by atoms with Crippen molar-refractivity contribution >= 4 is 10.0 Å². The monoisotopic (exact) mass is 313 g/mol. The van der Waals surface area contributed by atoms with Gasteiger partial charge < -0.3 is 5.11 Å². The summed E-state index contributed by atoms with van der Waals surface area (Å²) in [7, 11) is -4.02. The summed E-state index contributed by atoms with van der Waals surface area (Å²) in [5, 5.41) is 9.87. The van der Waals surface area contributed by atoms with E-state index >= 15 is 0 Å². The molecule has 0 amide bonds. The molecule has 1 atom stereocenters. The molecule has 0 aliphatic rings. The summed E-state index contributed by atoms with van der Waals surface area (Å²) in [6.07, 6.45) is -1.04. The van der Waals surface area contributed by atoms with Gasteiger partial charge in [0.15, 0.2) is 11.6 Å². The number of aliphatic hydroxyl groups excluding tert-OH is 1. The number of nitrogens with one attached hydrogen (secondary N) is 1. The summed E-state index contributed by atoms with van der Waals surface area (Å²) in [6.45, 7) is -0.272. The highest BCUT2D eigenvalue weighted by molar-refractivity contribution is 7.89. The predicted molar refractivity (Wildman–Crippen MR) is 72.9 cm³/mol. The number of rotatable bonds is 5. The molecule has 0 saturated carbocycles. The summed E-state index contributed by atoms with van der Waals surface area (Å²) >= 11 is 0. The summed E-state index contributed by atoms with van der Waals surface area (Å²) in [6, 6.07) is 10.8. The fraction of sp³-hybridized carbons (Fsp3) is 0.143. The van der Waals surface area contributed by atoms with E-state index in [1.54, 1.807) is 30.3 Å². The molecular weight excluding hydrogens is 300 g/mol. The van der Waals surface area contributed by atoms with Gasteiger partial charge in [0.05, 0.1) is 11.0 Å². The number of benzene rings is 2. The van der Waals surface area contributed by atoms with E-state index in [2.05, 4.69) is 4.72 Å². The van der Waals surface area contributed by atoms with E-state index in [1.807, 2.05) is 0 Å². The van der Waals surface area contributed by atoms with Crippen molar-refractivity contribution in [3.63, 3.8) is 0 Å². The van der Waals surface area contributed by atoms with E-state index in [0.717, 1.165) is 12.1 Å². The number of sulfonamides is 1. The lowest BCUT2D eigenvalue weighted by atomic mass is 10.1. The molecule has 0 heterocycles. The van der Waals surface area contributed by atoms with Gasteiger partial charge in [-0.3, -0.25) is 0 Å². The van der Waals surface area contributed by atoms with Crippen LogP contribution in [0, 0.1) is 11.6 Å². The third kappa shape index (κ3) is 3.84. The third-order valence-electron chi connectivity index (χ3n) is 2.85. The highest BCUT2D eigenvalue weighted by atomic mass is 32.2. The Morgan fingerprint density at radius 2 is 1.71 bits per heavy atom. The Kier molecular flexibility index (Phi) is 4.66. The highest BCUT2D eigenvalue weighted by Crippen LogP contribution is 2.15. The molecule has 0 bridgehead atoms. The predicted octanol–water partition coefficient (Wildman–Crippen LogP) is 1.98. The standard InChI is InChI=1S/C14H13F2NO3S/c15-12-7-6-11(8-13(12)16)21(19,20)17-9-14(18)10-4-2-1-3-5-10/h1-8,14,17-18H,9H2. The van der Waals surface area contributed by atoms with Crippen LogP contribution in [0.4, 0.5) is 8.78 Å². The second-order valence-electron chi connectivity index (χ2n) is 4.35. The average Bonchev–Trinajstić information content (AvgIpc) is 2.48. The van der Waals surface area contributed by atoms with E-state index in [0.29, 0.717) is 11.6 Å². The largest absolute Gasteiger partial charge is 0.387 e. The molecule has 112 valence electrons. The molecule has 2 aromatic carbocycles. The van der Waals surface area contributed by atoms with Crippen LogP contribution in [0.25, 0.3) is 0 Å². The zero-order chi connectivity index (χ0) is 15.5. The number of halogens is 2. The van der Waals surface area contributed by atoms with E-state index in [1.165, 1.54) is 0 Å². The molecule has 0 aromatic heterocycles. The zero-order valence-electron chi connectivity index (χ0n) is 10.8. The van der Waals surface area contributed by atoms with E-state index < -0.39 is 32.7 Å². The van der Waals surface area contributed by atoms with Gasteiger partial charge in [-0.05, 0) is 23.8 Å². The van der Waals surface area contributed by atoms with Crippen LogP contribution < -0.4 is 4.72 Å². The molecule has 0 spiro atoms. The van der Waals surface area contributed by atoms with Crippen LogP contribution in [0.15, 0.2) is 53.4 Å². The van der Waals surface area contributed by atoms with Gasteiger partial charge >= 0.3 is 0 Å². The quantitative estimate of drug-likeness (QED) is 0.887. The van der Waals surface area contributed by atoms with Gasteiger partial charge in [0.2, 0.25) is 10.0 Å². The van der Waals surface area contributed by atoms with Crippen LogP contribution in [-0.4, -0.2) is 20.1 Å². The van der Waals surface area contributed by atoms with E-state index in [9.17, 15) is 22.3 Å². The van der Waals surface area contributed by atoms with Crippen LogP contribution in [0.2, 0.25) is 0 Å². The van der Waals surface area contributed by atoms with Crippen molar-refractivity contribution in [1.82, 2.24) is 4.72 Å². The molecule has 2 N–H and O–H groups in total. The first-order valence-electron chi connectivity index (χ1n) is 6.08. The Labute approximate surface area is 121 Å². The minimum absolute atomic E-state index is 0.272. The van der Waals surface area contributed by atoms with Crippen molar-refractivity contribution in [1.29, 1.82) is 0 Å². The maximum atomic E-state index is 13.1. The van der Waals surface area contributed by atoms with E-state index in [4.69, 9.17) is 0 Å². The van der Waals surface area contributed by atoms with Crippen molar-refractivity contribution in [3.05, 3.63) is 65.7 Å². The van der Waals surface area contributed by atoms with Gasteiger partial charge in [-0.1, -0.05) is 30.3 Å². The zero-order valence-corrected chi connectivity index (χ0v) is 11.6. The van der Waals surface area contributed by atoms with Crippen molar-refractivity contribution < 1.29 is 22.3 Å². The molecule has 2 aromatic rings. The van der Waals surface area contributed by atoms with Gasteiger partial charge in [0, 0.05) is 6.54 Å². The maximum Gasteiger partial charge on any atom is 0.240 e. The second-order valence-corrected chi connectivity index (χ2v) is 6.12. The Hall–Kier alpha value is -1.83. The molecule has 0 fully saturated rings. The smallest absolute Gasteiger partial charge is 0.240 e. The van der Waals surface area contributed by atoms with Gasteiger partial charge in [-0.15, -0.1) is 0 Å². The molecule has 0 saturated heterocycles. The third-order valence-corrected chi connectivity index (χ3v) is 4.27. The lowest BCUT2D eigenvalue weighted by Crippen LogP contribution is -2.28.